The molecule has 7 nitrogen and oxygen atoms in total. The first-order chi connectivity index (χ1) is 20.4. The van der Waals surface area contributed by atoms with Crippen LogP contribution in [0.3, 0.4) is 0 Å². The number of fused-ring (bicyclic) bond motifs is 7. The number of methoxy groups -OCH3 is 1. The van der Waals surface area contributed by atoms with Crippen molar-refractivity contribution in [2.45, 2.75) is 112 Å². The Kier molecular flexibility index (Phi) is 6.84. The number of carbonyl (C=O) groups is 4. The second kappa shape index (κ2) is 9.63. The van der Waals surface area contributed by atoms with Crippen molar-refractivity contribution in [1.29, 1.82) is 5.26 Å². The van der Waals surface area contributed by atoms with Crippen molar-refractivity contribution < 1.29 is 23.9 Å². The largest absolute Gasteiger partial charge is 0.467 e. The van der Waals surface area contributed by atoms with Crippen molar-refractivity contribution in [3.63, 3.8) is 0 Å². The van der Waals surface area contributed by atoms with Crippen LogP contribution in [0.4, 0.5) is 0 Å². The number of ketones is 2. The summed E-state index contributed by atoms with van der Waals surface area (Å²) in [4.78, 5) is 57.4. The van der Waals surface area contributed by atoms with Gasteiger partial charge in [0.1, 0.15) is 12.1 Å². The van der Waals surface area contributed by atoms with Gasteiger partial charge in [-0.2, -0.15) is 5.26 Å². The fourth-order valence-corrected chi connectivity index (χ4v) is 11.7. The summed E-state index contributed by atoms with van der Waals surface area (Å²) < 4.78 is 5.11. The van der Waals surface area contributed by atoms with Crippen LogP contribution in [0.25, 0.3) is 0 Å². The van der Waals surface area contributed by atoms with Gasteiger partial charge < -0.3 is 9.64 Å². The summed E-state index contributed by atoms with van der Waals surface area (Å²) in [6.07, 6.45) is 10.7. The van der Waals surface area contributed by atoms with Crippen molar-refractivity contribution in [2.75, 3.05) is 13.7 Å². The number of Topliss-reactive ketones (excluding diaryl/α,β-unsaturated/α-hetero) is 1. The van der Waals surface area contributed by atoms with Crippen LogP contribution in [0, 0.1) is 61.6 Å². The van der Waals surface area contributed by atoms with Gasteiger partial charge in [0.2, 0.25) is 5.91 Å². The Morgan fingerprint density at radius 1 is 0.977 bits per heavy atom. The van der Waals surface area contributed by atoms with Crippen LogP contribution in [0.1, 0.15) is 106 Å². The summed E-state index contributed by atoms with van der Waals surface area (Å²) in [7, 11) is 1.39. The molecule has 238 valence electrons. The molecule has 0 radical (unpaired) electrons. The van der Waals surface area contributed by atoms with Gasteiger partial charge in [0.25, 0.3) is 0 Å². The van der Waals surface area contributed by atoms with Crippen molar-refractivity contribution in [1.82, 2.24) is 4.90 Å². The molecule has 0 aromatic carbocycles. The van der Waals surface area contributed by atoms with E-state index in [-0.39, 0.29) is 63.0 Å². The predicted octanol–water partition coefficient (Wildman–Crippen LogP) is 6.37. The molecule has 0 unspecified atom stereocenters. The van der Waals surface area contributed by atoms with Crippen LogP contribution < -0.4 is 0 Å². The Balaban J connectivity index is 1.48. The molecule has 0 bridgehead atoms. The smallest absolute Gasteiger partial charge is 0.328 e. The zero-order chi connectivity index (χ0) is 32.3. The fourth-order valence-electron chi connectivity index (χ4n) is 11.7. The molecular weight excluding hydrogens is 552 g/mol. The van der Waals surface area contributed by atoms with Crippen LogP contribution in [0.15, 0.2) is 23.3 Å². The van der Waals surface area contributed by atoms with Gasteiger partial charge in [-0.1, -0.05) is 60.1 Å². The second-order valence-corrected chi connectivity index (χ2v) is 17.1. The maximum atomic E-state index is 14.8. The van der Waals surface area contributed by atoms with Crippen LogP contribution in [-0.2, 0) is 23.9 Å². The molecule has 3 saturated carbocycles. The molecule has 1 aliphatic heterocycles. The summed E-state index contributed by atoms with van der Waals surface area (Å²) in [5.74, 6) is -0.757. The quantitative estimate of drug-likeness (QED) is 0.340. The number of hydrogen-bond donors (Lipinski definition) is 0. The highest BCUT2D eigenvalue weighted by Gasteiger charge is 2.71. The van der Waals surface area contributed by atoms with Crippen molar-refractivity contribution >= 4 is 23.4 Å². The Bertz CT molecular complexity index is 1450. The average Bonchev–Trinajstić information content (AvgIpc) is 3.45. The molecule has 8 atom stereocenters. The van der Waals surface area contributed by atoms with Crippen molar-refractivity contribution in [3.05, 3.63) is 23.3 Å². The van der Waals surface area contributed by atoms with Gasteiger partial charge in [-0.15, -0.1) is 0 Å². The molecule has 1 amide bonds. The van der Waals surface area contributed by atoms with Crippen LogP contribution in [0.5, 0.6) is 0 Å². The molecule has 1 heterocycles. The lowest BCUT2D eigenvalue weighted by Gasteiger charge is -2.69. The summed E-state index contributed by atoms with van der Waals surface area (Å²) in [6.45, 7) is 15.8. The van der Waals surface area contributed by atoms with E-state index in [2.05, 4.69) is 40.7 Å². The summed E-state index contributed by atoms with van der Waals surface area (Å²) in [5, 5.41) is 9.98. The predicted molar refractivity (Wildman–Crippen MR) is 166 cm³/mol. The number of amides is 1. The minimum Gasteiger partial charge on any atom is -0.467 e. The number of ether oxygens (including phenoxy) is 1. The Morgan fingerprint density at radius 3 is 2.32 bits per heavy atom. The fraction of sp³-hybridized carbons (Fsp3) is 0.757. The van der Waals surface area contributed by atoms with Gasteiger partial charge in [0.15, 0.2) is 11.6 Å². The van der Waals surface area contributed by atoms with Gasteiger partial charge in [-0.05, 0) is 91.9 Å². The van der Waals surface area contributed by atoms with E-state index in [0.29, 0.717) is 19.4 Å². The first-order valence-corrected chi connectivity index (χ1v) is 16.8. The SMILES string of the molecule is COC(=O)[C@@H]1CCCN1C(=O)[C@]12CCC(C)(C)C[C@H]1[C@H]1C(=O)C=C3[C@@]4(C)C=C(C#N)C(=O)C(C)(C)[C@@H]4CC[C@@]3(C)[C@]1(C)CC2. The third-order valence-corrected chi connectivity index (χ3v) is 14.3. The number of nitriles is 1. The molecule has 1 saturated heterocycles. The van der Waals surface area contributed by atoms with Gasteiger partial charge in [0, 0.05) is 23.3 Å². The minimum absolute atomic E-state index is 0.00447. The molecule has 44 heavy (non-hydrogen) atoms. The number of hydrogen-bond acceptors (Lipinski definition) is 6. The molecule has 0 aromatic heterocycles. The molecule has 5 aliphatic carbocycles. The third kappa shape index (κ3) is 3.84. The number of nitrogens with zero attached hydrogens (tertiary/aromatic N) is 2. The normalized spacial score (nSPS) is 43.8. The lowest BCUT2D eigenvalue weighted by molar-refractivity contribution is -0.186. The van der Waals surface area contributed by atoms with E-state index < -0.39 is 22.3 Å². The molecule has 4 fully saturated rings. The lowest BCUT2D eigenvalue weighted by Crippen LogP contribution is -2.67. The lowest BCUT2D eigenvalue weighted by atomic mass is 9.34. The maximum Gasteiger partial charge on any atom is 0.328 e. The van der Waals surface area contributed by atoms with Crippen LogP contribution in [-0.4, -0.2) is 48.0 Å². The van der Waals surface area contributed by atoms with Crippen LogP contribution in [0.2, 0.25) is 0 Å². The molecule has 7 heteroatoms. The number of esters is 1. The number of carbonyl (C=O) groups excluding carboxylic acids is 4. The molecule has 6 aliphatic rings. The minimum atomic E-state index is -0.703. The van der Waals surface area contributed by atoms with E-state index in [1.165, 1.54) is 7.11 Å². The van der Waals surface area contributed by atoms with E-state index >= 15 is 0 Å². The standard InChI is InChI=1S/C37H50N2O5/c1-32(2)13-15-37(31(43)39-17-9-10-24(39)30(42)44-8)16-14-36(7)28(23(37)20-32)25(40)18-27-34(5)19-22(21-38)29(41)33(3,4)26(34)11-12-35(27,36)6/h18-19,23-24,26,28H,9-17,20H2,1-8H3/t23-,24-,26-,28-,34-,35+,36+,37-/m0/s1. The topological polar surface area (TPSA) is 105 Å². The van der Waals surface area contributed by atoms with Crippen molar-refractivity contribution in [2.24, 2.45) is 50.2 Å². The zero-order valence-corrected chi connectivity index (χ0v) is 28.0. The zero-order valence-electron chi connectivity index (χ0n) is 28.0. The Morgan fingerprint density at radius 2 is 1.66 bits per heavy atom. The monoisotopic (exact) mass is 602 g/mol. The van der Waals surface area contributed by atoms with Gasteiger partial charge in [-0.25, -0.2) is 4.79 Å². The van der Waals surface area contributed by atoms with E-state index in [9.17, 15) is 24.4 Å². The Labute approximate surface area is 262 Å². The van der Waals surface area contributed by atoms with Gasteiger partial charge in [-0.3, -0.25) is 14.4 Å². The molecule has 0 spiro atoms. The average molecular weight is 603 g/mol. The van der Waals surface area contributed by atoms with Gasteiger partial charge >= 0.3 is 5.97 Å². The number of allylic oxidation sites excluding steroid dienone is 4. The van der Waals surface area contributed by atoms with E-state index in [1.807, 2.05) is 26.0 Å². The molecule has 0 N–H and O–H groups in total. The third-order valence-electron chi connectivity index (χ3n) is 14.3. The van der Waals surface area contributed by atoms with E-state index in [0.717, 1.165) is 50.5 Å². The first kappa shape index (κ1) is 31.2. The van der Waals surface area contributed by atoms with E-state index in [1.54, 1.807) is 4.90 Å². The maximum absolute atomic E-state index is 14.8. The molecular formula is C37H50N2O5. The Hall–Kier alpha value is -2.75. The molecule has 0 aromatic rings. The highest BCUT2D eigenvalue weighted by molar-refractivity contribution is 6.04. The van der Waals surface area contributed by atoms with E-state index in [4.69, 9.17) is 4.74 Å². The van der Waals surface area contributed by atoms with Crippen LogP contribution >= 0.6 is 0 Å². The van der Waals surface area contributed by atoms with Gasteiger partial charge in [0.05, 0.1) is 18.1 Å². The van der Waals surface area contributed by atoms with Crippen molar-refractivity contribution in [3.8, 4) is 6.07 Å². The highest BCUT2D eigenvalue weighted by atomic mass is 16.5. The highest BCUT2D eigenvalue weighted by Crippen LogP contribution is 2.74. The number of likely N-dealkylation sites (tertiary alicyclic amines) is 1. The summed E-state index contributed by atoms with van der Waals surface area (Å²) in [6, 6.07) is 1.63. The number of rotatable bonds is 2. The second-order valence-electron chi connectivity index (χ2n) is 17.1. The first-order valence-electron chi connectivity index (χ1n) is 16.8. The summed E-state index contributed by atoms with van der Waals surface area (Å²) >= 11 is 0. The molecule has 6 rings (SSSR count). The summed E-state index contributed by atoms with van der Waals surface area (Å²) in [5.41, 5.74) is -1.42.